The van der Waals surface area contributed by atoms with Crippen LogP contribution in [0.1, 0.15) is 85.4 Å². The number of hydrogen-bond donors (Lipinski definition) is 0. The van der Waals surface area contributed by atoms with Gasteiger partial charge in [0.25, 0.3) is 10.1 Å². The monoisotopic (exact) mass is 458 g/mol. The van der Waals surface area contributed by atoms with Gasteiger partial charge in [0.2, 0.25) is 0 Å². The van der Waals surface area contributed by atoms with E-state index in [2.05, 4.69) is 6.92 Å². The number of benzene rings is 2. The molecule has 2 aromatic rings. The van der Waals surface area contributed by atoms with E-state index in [1.54, 1.807) is 12.1 Å². The summed E-state index contributed by atoms with van der Waals surface area (Å²) in [4.78, 5) is 8.27. The first-order valence-electron chi connectivity index (χ1n) is 11.3. The first kappa shape index (κ1) is 30.3. The Bertz CT molecular complexity index is 809. The number of unbranched alkanes of at least 4 members (excludes halogenated alkanes) is 11. The molecular formula is C25H39NaO4S. The zero-order chi connectivity index (χ0) is 22.1. The Labute approximate surface area is 213 Å². The van der Waals surface area contributed by atoms with Crippen LogP contribution in [0.5, 0.6) is 0 Å². The van der Waals surface area contributed by atoms with Crippen LogP contribution in [-0.2, 0) is 19.1 Å². The second-order valence-electron chi connectivity index (χ2n) is 7.64. The molecule has 4 nitrogen and oxygen atoms in total. The van der Waals surface area contributed by atoms with E-state index >= 15 is 0 Å². The van der Waals surface area contributed by atoms with Crippen LogP contribution < -0.4 is 29.6 Å². The largest absolute Gasteiger partial charge is 1.00 e. The molecule has 0 aliphatic rings. The summed E-state index contributed by atoms with van der Waals surface area (Å²) in [6, 6.07) is 12.8. The molecule has 6 heteroatoms. The fraction of sp³-hybridized carbons (Fsp3) is 0.560. The van der Waals surface area contributed by atoms with Gasteiger partial charge < -0.3 is 6.22 Å². The first-order chi connectivity index (χ1) is 14.6. The fourth-order valence-electron chi connectivity index (χ4n) is 3.59. The summed E-state index contributed by atoms with van der Waals surface area (Å²) in [5.41, 5.74) is 0. The minimum atomic E-state index is -3.70. The maximum Gasteiger partial charge on any atom is 1.00 e. The second-order valence-corrected chi connectivity index (χ2v) is 9.23. The zero-order valence-corrected chi connectivity index (χ0v) is 22.3. The van der Waals surface area contributed by atoms with Crippen molar-refractivity contribution >= 4 is 27.7 Å². The van der Waals surface area contributed by atoms with E-state index in [9.17, 15) is 8.42 Å². The van der Waals surface area contributed by atoms with Gasteiger partial charge in [-0.2, -0.15) is 8.42 Å². The summed E-state index contributed by atoms with van der Waals surface area (Å²) >= 11 is 0. The molecule has 0 amide bonds. The summed E-state index contributed by atoms with van der Waals surface area (Å²) in [6.45, 7) is 4.52. The van der Waals surface area contributed by atoms with E-state index in [-0.39, 0.29) is 42.5 Å². The number of rotatable bonds is 15. The molecule has 0 fully saturated rings. The molecule has 170 valence electrons. The maximum atomic E-state index is 12.5. The molecule has 0 saturated carbocycles. The standard InChI is InChI=1S/C24H36O3S.CH2O.Na.H/c1-2-3-4-5-6-7-8-9-10-11-12-15-21-27-28(25,26)24-20-16-18-22-17-13-14-19-23(22)24;1-2;;/h13-14,16-20H,2-12,15,21H2,1H3;1H2;;/q;;+1;-1. The van der Waals surface area contributed by atoms with Crippen molar-refractivity contribution in [1.82, 2.24) is 0 Å². The predicted octanol–water partition coefficient (Wildman–Crippen LogP) is 4.18. The maximum absolute atomic E-state index is 12.5. The molecule has 0 aromatic heterocycles. The Morgan fingerprint density at radius 1 is 0.742 bits per heavy atom. The van der Waals surface area contributed by atoms with Crippen molar-refractivity contribution in [2.45, 2.75) is 88.9 Å². The van der Waals surface area contributed by atoms with Crippen LogP contribution in [0.2, 0.25) is 0 Å². The molecule has 0 atom stereocenters. The minimum absolute atomic E-state index is 0. The van der Waals surface area contributed by atoms with Crippen LogP contribution in [0.4, 0.5) is 0 Å². The predicted molar refractivity (Wildman–Crippen MR) is 126 cm³/mol. The van der Waals surface area contributed by atoms with E-state index in [1.165, 1.54) is 57.8 Å². The van der Waals surface area contributed by atoms with Gasteiger partial charge in [0.1, 0.15) is 11.7 Å². The van der Waals surface area contributed by atoms with Crippen LogP contribution in [0.3, 0.4) is 0 Å². The summed E-state index contributed by atoms with van der Waals surface area (Å²) in [6.07, 6.45) is 15.0. The first-order valence-corrected chi connectivity index (χ1v) is 12.7. The van der Waals surface area contributed by atoms with E-state index in [0.717, 1.165) is 30.0 Å². The van der Waals surface area contributed by atoms with Crippen molar-refractivity contribution < 1.29 is 48.4 Å². The molecule has 2 aromatic carbocycles. The van der Waals surface area contributed by atoms with Crippen molar-refractivity contribution in [2.75, 3.05) is 6.61 Å². The molecule has 0 radical (unpaired) electrons. The van der Waals surface area contributed by atoms with Crippen LogP contribution >= 0.6 is 0 Å². The Balaban J connectivity index is 0. The molecular weight excluding hydrogens is 419 g/mol. The van der Waals surface area contributed by atoms with Gasteiger partial charge in [0.15, 0.2) is 0 Å². The van der Waals surface area contributed by atoms with Gasteiger partial charge in [-0.15, -0.1) is 0 Å². The molecule has 0 N–H and O–H groups in total. The van der Waals surface area contributed by atoms with Crippen LogP contribution in [0.15, 0.2) is 47.4 Å². The molecule has 31 heavy (non-hydrogen) atoms. The normalized spacial score (nSPS) is 10.9. The van der Waals surface area contributed by atoms with Crippen LogP contribution in [0, 0.1) is 0 Å². The van der Waals surface area contributed by atoms with Crippen LogP contribution in [-0.4, -0.2) is 21.8 Å². The van der Waals surface area contributed by atoms with Gasteiger partial charge in [-0.05, 0) is 17.9 Å². The molecule has 0 unspecified atom stereocenters. The number of hydrogen-bond acceptors (Lipinski definition) is 4. The summed E-state index contributed by atoms with van der Waals surface area (Å²) in [7, 11) is -3.70. The van der Waals surface area contributed by atoms with Gasteiger partial charge >= 0.3 is 29.6 Å². The molecule has 0 heterocycles. The Hall–Kier alpha value is -0.720. The van der Waals surface area contributed by atoms with E-state index in [0.29, 0.717) is 0 Å². The number of carbonyl (C=O) groups excluding carboxylic acids is 1. The topological polar surface area (TPSA) is 60.4 Å². The SMILES string of the molecule is C=O.CCCCCCCCCCCCCCOS(=O)(=O)c1cccc2ccccc12.[H-].[Na+]. The van der Waals surface area contributed by atoms with E-state index in [4.69, 9.17) is 8.98 Å². The summed E-state index contributed by atoms with van der Waals surface area (Å²) < 4.78 is 30.3. The molecule has 0 saturated heterocycles. The average Bonchev–Trinajstić information content (AvgIpc) is 2.78. The van der Waals surface area contributed by atoms with Gasteiger partial charge in [-0.3, -0.25) is 4.18 Å². The molecule has 2 rings (SSSR count). The molecule has 0 aliphatic heterocycles. The quantitative estimate of drug-likeness (QED) is 0.228. The Morgan fingerprint density at radius 3 is 1.81 bits per heavy atom. The zero-order valence-electron chi connectivity index (χ0n) is 20.5. The fourth-order valence-corrected chi connectivity index (χ4v) is 4.75. The van der Waals surface area contributed by atoms with E-state index in [1.807, 2.05) is 37.1 Å². The van der Waals surface area contributed by atoms with Gasteiger partial charge in [0, 0.05) is 5.39 Å². The third-order valence-electron chi connectivity index (χ3n) is 5.26. The average molecular weight is 459 g/mol. The molecule has 0 bridgehead atoms. The number of fused-ring (bicyclic) bond motifs is 1. The van der Waals surface area contributed by atoms with Crippen molar-refractivity contribution in [3.8, 4) is 0 Å². The van der Waals surface area contributed by atoms with Crippen LogP contribution in [0.25, 0.3) is 10.8 Å². The number of carbonyl (C=O) groups is 1. The third-order valence-corrected chi connectivity index (χ3v) is 6.63. The molecule has 0 spiro atoms. The summed E-state index contributed by atoms with van der Waals surface area (Å²) in [5, 5.41) is 1.64. The van der Waals surface area contributed by atoms with Crippen molar-refractivity contribution in [3.63, 3.8) is 0 Å². The smallest absolute Gasteiger partial charge is 1.00 e. The second kappa shape index (κ2) is 18.8. The minimum Gasteiger partial charge on any atom is -1.00 e. The van der Waals surface area contributed by atoms with Crippen molar-refractivity contribution in [3.05, 3.63) is 42.5 Å². The van der Waals surface area contributed by atoms with Gasteiger partial charge in [0.05, 0.1) is 6.61 Å². The van der Waals surface area contributed by atoms with E-state index < -0.39 is 10.1 Å². The van der Waals surface area contributed by atoms with Crippen molar-refractivity contribution in [1.29, 1.82) is 0 Å². The van der Waals surface area contributed by atoms with Crippen molar-refractivity contribution in [2.24, 2.45) is 0 Å². The third kappa shape index (κ3) is 12.2. The van der Waals surface area contributed by atoms with Gasteiger partial charge in [-0.1, -0.05) is 114 Å². The Kier molecular flexibility index (Phi) is 18.4. The molecule has 0 aliphatic carbocycles. The Morgan fingerprint density at radius 2 is 1.23 bits per heavy atom. The summed E-state index contributed by atoms with van der Waals surface area (Å²) in [5.74, 6) is 0. The van der Waals surface area contributed by atoms with Gasteiger partial charge in [-0.25, -0.2) is 0 Å².